The summed E-state index contributed by atoms with van der Waals surface area (Å²) in [6.45, 7) is 29.6. The topological polar surface area (TPSA) is 75.3 Å². The van der Waals surface area contributed by atoms with E-state index in [0.29, 0.717) is 32.2 Å². The van der Waals surface area contributed by atoms with E-state index in [-0.39, 0.29) is 39.3 Å². The highest BCUT2D eigenvalue weighted by atomic mass is 16.2. The molecule has 0 aromatic rings. The molecule has 0 atom stereocenters. The van der Waals surface area contributed by atoms with Crippen LogP contribution in [0, 0.1) is 341 Å². The number of carbonyl (C=O) groups excluding carboxylic acids is 3. The number of ketones is 1. The summed E-state index contributed by atoms with van der Waals surface area (Å²) in [6, 6.07) is 0. The zero-order chi connectivity index (χ0) is 64.6. The van der Waals surface area contributed by atoms with Gasteiger partial charge >= 0.3 is 0 Å². The quantitative estimate of drug-likeness (QED) is 0.282. The highest BCUT2D eigenvalue weighted by molar-refractivity contribution is 5.85. The van der Waals surface area contributed by atoms with Gasteiger partial charge in [-0.15, -0.1) is 0 Å². The van der Waals surface area contributed by atoms with Gasteiger partial charge in [-0.2, -0.15) is 0 Å². The SMILES string of the molecule is CC#CC#CC#CC#CC#CC#CC#CC#CC#CC#CC#CC#CC#CC#CC#CC#CC#CC#CC#CC#CC#CC#CC#CC#CC#CC#CC#CC.CC(C)(C)CNC(=O)CC(C)(C)C.CC(C)(C)CNC(=O)CCC(=O)CC(C)(C)C. The first kappa shape index (κ1) is 77.0. The van der Waals surface area contributed by atoms with Gasteiger partial charge in [0.25, 0.3) is 0 Å². The Bertz CT molecular complexity index is 4160. The van der Waals surface area contributed by atoms with Crippen LogP contribution in [0.3, 0.4) is 0 Å². The lowest BCUT2D eigenvalue weighted by molar-refractivity contribution is -0.126. The maximum atomic E-state index is 11.6. The molecule has 0 saturated carbocycles. The molecule has 0 heterocycles. The molecule has 0 aromatic carbocycles. The summed E-state index contributed by atoms with van der Waals surface area (Å²) < 4.78 is 0. The summed E-state index contributed by atoms with van der Waals surface area (Å²) >= 11 is 0. The fourth-order valence-electron chi connectivity index (χ4n) is 3.98. The largest absolute Gasteiger partial charge is 0.356 e. The Morgan fingerprint density at radius 1 is 0.221 bits per heavy atom. The molecule has 0 saturated heterocycles. The van der Waals surface area contributed by atoms with Gasteiger partial charge in [-0.05, 0) is 130 Å². The van der Waals surface area contributed by atoms with Gasteiger partial charge in [-0.1, -0.05) is 94.9 Å². The second-order valence-corrected chi connectivity index (χ2v) is 20.2. The van der Waals surface area contributed by atoms with Crippen LogP contribution in [0.4, 0.5) is 0 Å². The number of Topliss-reactive ketones (excluding diaryl/α,β-unsaturated/α-hetero) is 1. The van der Waals surface area contributed by atoms with E-state index in [9.17, 15) is 14.4 Å². The van der Waals surface area contributed by atoms with Crippen LogP contribution in [0.5, 0.6) is 0 Å². The van der Waals surface area contributed by atoms with Crippen LogP contribution in [0.2, 0.25) is 0 Å². The number of carbonyl (C=O) groups is 3. The molecule has 0 radical (unpaired) electrons. The maximum absolute atomic E-state index is 11.6. The lowest BCUT2D eigenvalue weighted by atomic mass is 9.89. The van der Waals surface area contributed by atoms with Crippen molar-refractivity contribution in [1.29, 1.82) is 0 Å². The zero-order valence-corrected chi connectivity index (χ0v) is 51.0. The van der Waals surface area contributed by atoms with E-state index in [1.165, 1.54) is 0 Å². The number of nitrogens with one attached hydrogen (secondary N) is 2. The van der Waals surface area contributed by atoms with Crippen LogP contribution in [-0.2, 0) is 14.4 Å². The average molecular weight is 1110 g/mol. The third-order valence-corrected chi connectivity index (χ3v) is 7.12. The zero-order valence-electron chi connectivity index (χ0n) is 51.0. The average Bonchev–Trinajstić information content (AvgIpc) is 3.57. The Morgan fingerprint density at radius 2 is 0.384 bits per heavy atom. The molecule has 86 heavy (non-hydrogen) atoms. The summed E-state index contributed by atoms with van der Waals surface area (Å²) in [4.78, 5) is 34.5. The number of rotatable bonds is 7. The normalized spacial score (nSPS) is 6.95. The minimum atomic E-state index is -0.0258. The van der Waals surface area contributed by atoms with Crippen LogP contribution in [0.25, 0.3) is 0 Å². The van der Waals surface area contributed by atoms with E-state index in [0.717, 1.165) is 6.54 Å². The molecular formula is C81H56N2O3. The Labute approximate surface area is 517 Å². The van der Waals surface area contributed by atoms with Crippen LogP contribution in [-0.4, -0.2) is 30.7 Å². The van der Waals surface area contributed by atoms with Gasteiger partial charge in [0, 0.05) is 252 Å². The summed E-state index contributed by atoms with van der Waals surface area (Å²) in [7, 11) is 0. The highest BCUT2D eigenvalue weighted by Crippen LogP contribution is 2.20. The minimum absolute atomic E-state index is 0.0129. The van der Waals surface area contributed by atoms with E-state index in [2.05, 4.69) is 393 Å². The number of hydrogen-bond donors (Lipinski definition) is 2. The molecule has 2 amide bonds. The first-order chi connectivity index (χ1) is 41.0. The second-order valence-electron chi connectivity index (χ2n) is 20.2. The summed E-state index contributed by atoms with van der Waals surface area (Å²) in [6.07, 6.45) is 1.81. The molecule has 5 nitrogen and oxygen atoms in total. The van der Waals surface area contributed by atoms with E-state index in [1.54, 1.807) is 13.8 Å². The van der Waals surface area contributed by atoms with Gasteiger partial charge in [0.2, 0.25) is 11.8 Å². The molecule has 0 aromatic heterocycles. The molecule has 408 valence electrons. The Morgan fingerprint density at radius 3 is 0.535 bits per heavy atom. The fourth-order valence-corrected chi connectivity index (χ4v) is 3.98. The molecule has 0 spiro atoms. The van der Waals surface area contributed by atoms with E-state index < -0.39 is 0 Å². The first-order valence-electron chi connectivity index (χ1n) is 25.4. The molecule has 0 aliphatic rings. The minimum Gasteiger partial charge on any atom is -0.356 e. The summed E-state index contributed by atoms with van der Waals surface area (Å²) in [5.41, 5.74) is 0.361. The van der Waals surface area contributed by atoms with Crippen molar-refractivity contribution in [3.8, 4) is 320 Å². The smallest absolute Gasteiger partial charge is 0.220 e. The van der Waals surface area contributed by atoms with Crippen molar-refractivity contribution in [3.63, 3.8) is 0 Å². The Hall–Kier alpha value is -13.3. The fraction of sp³-hybridized carbons (Fsp3) is 0.296. The van der Waals surface area contributed by atoms with E-state index in [4.69, 9.17) is 0 Å². The second kappa shape index (κ2) is 53.7. The van der Waals surface area contributed by atoms with E-state index >= 15 is 0 Å². The molecule has 0 bridgehead atoms. The van der Waals surface area contributed by atoms with Crippen molar-refractivity contribution < 1.29 is 14.4 Å². The molecule has 5 heteroatoms. The van der Waals surface area contributed by atoms with Gasteiger partial charge < -0.3 is 10.6 Å². The van der Waals surface area contributed by atoms with Crippen LogP contribution >= 0.6 is 0 Å². The van der Waals surface area contributed by atoms with Crippen molar-refractivity contribution in [3.05, 3.63) is 0 Å². The van der Waals surface area contributed by atoms with Gasteiger partial charge in [-0.25, -0.2) is 0 Å². The molecule has 0 unspecified atom stereocenters. The lowest BCUT2D eigenvalue weighted by Crippen LogP contribution is -2.34. The van der Waals surface area contributed by atoms with Crippen molar-refractivity contribution in [2.75, 3.05) is 13.1 Å². The predicted octanol–water partition coefficient (Wildman–Crippen LogP) is 6.64. The predicted molar refractivity (Wildman–Crippen MR) is 349 cm³/mol. The number of amides is 2. The Kier molecular flexibility index (Phi) is 48.1. The molecule has 0 rings (SSSR count). The molecular weight excluding hydrogens is 1050 g/mol. The van der Waals surface area contributed by atoms with Crippen LogP contribution < -0.4 is 10.6 Å². The van der Waals surface area contributed by atoms with Gasteiger partial charge in [0.1, 0.15) is 5.78 Å². The molecule has 0 aliphatic carbocycles. The van der Waals surface area contributed by atoms with Crippen molar-refractivity contribution in [2.24, 2.45) is 21.7 Å². The maximum Gasteiger partial charge on any atom is 0.220 e. The lowest BCUT2D eigenvalue weighted by Gasteiger charge is -2.21. The molecule has 2 N–H and O–H groups in total. The third kappa shape index (κ3) is 77.2. The number of hydrogen-bond acceptors (Lipinski definition) is 3. The van der Waals surface area contributed by atoms with Crippen molar-refractivity contribution in [1.82, 2.24) is 10.6 Å². The monoisotopic (exact) mass is 1100 g/mol. The molecule has 0 aliphatic heterocycles. The molecule has 0 fully saturated rings. The first-order valence-corrected chi connectivity index (χ1v) is 25.4. The van der Waals surface area contributed by atoms with Crippen LogP contribution in [0.15, 0.2) is 0 Å². The van der Waals surface area contributed by atoms with Crippen LogP contribution in [0.1, 0.15) is 123 Å². The third-order valence-electron chi connectivity index (χ3n) is 7.12. The highest BCUT2D eigenvalue weighted by Gasteiger charge is 2.19. The Balaban J connectivity index is -0.00000185. The van der Waals surface area contributed by atoms with Crippen molar-refractivity contribution in [2.45, 2.75) is 123 Å². The summed E-state index contributed by atoms with van der Waals surface area (Å²) in [5, 5.41) is 5.79. The van der Waals surface area contributed by atoms with Crippen molar-refractivity contribution >= 4 is 17.6 Å². The van der Waals surface area contributed by atoms with Gasteiger partial charge in [0.15, 0.2) is 0 Å². The summed E-state index contributed by atoms with van der Waals surface area (Å²) in [5.74, 6) is 136. The van der Waals surface area contributed by atoms with Gasteiger partial charge in [0.05, 0.1) is 0 Å². The standard InChI is InChI=1S/C56H6.C14H27NO2.C11H23NO/c1-3-5-7-9-11-13-15-17-19-21-23-25-27-29-31-33-35-37-39-41-43-45-47-49-51-53-55-56-54-52-50-48-46-44-42-40-38-36-34-32-30-28-26-24-22-20-18-16-14-12-10-8-6-4-2;1-13(2,3)9-11(16)7-8-12(17)15-10-14(4,5)6;1-10(2,3)7-9(13)12-8-11(4,5)6/h1-2H3;7-10H2,1-6H3,(H,15,17);7-8H2,1-6H3,(H,12,13). The van der Waals surface area contributed by atoms with Gasteiger partial charge in [-0.3, -0.25) is 14.4 Å². The van der Waals surface area contributed by atoms with E-state index in [1.807, 2.05) is 20.8 Å².